The molecule has 1 saturated carbocycles. The van der Waals surface area contributed by atoms with E-state index >= 15 is 0 Å². The highest BCUT2D eigenvalue weighted by molar-refractivity contribution is 5.34. The van der Waals surface area contributed by atoms with Crippen LogP contribution in [0.1, 0.15) is 31.9 Å². The summed E-state index contributed by atoms with van der Waals surface area (Å²) in [5.74, 6) is -5.64. The molecule has 0 spiro atoms. The van der Waals surface area contributed by atoms with Crippen LogP contribution in [0.4, 0.5) is 17.6 Å². The zero-order valence-electron chi connectivity index (χ0n) is 13.9. The quantitative estimate of drug-likeness (QED) is 0.311. The number of allylic oxidation sites excluding steroid dienone is 3. The van der Waals surface area contributed by atoms with E-state index in [4.69, 9.17) is 5.26 Å². The van der Waals surface area contributed by atoms with Crippen molar-refractivity contribution >= 4 is 0 Å². The highest BCUT2D eigenvalue weighted by Crippen LogP contribution is 2.60. The van der Waals surface area contributed by atoms with E-state index in [9.17, 15) is 17.6 Å². The van der Waals surface area contributed by atoms with Gasteiger partial charge in [0.2, 0.25) is 0 Å². The number of benzene rings is 1. The SMILES string of the molecule is C=CCc1c(F)c(F)c(C[C@@H]2[C@@H](C=C(C)C#N)C2(C)C)c(F)c1F. The minimum Gasteiger partial charge on any atom is -0.203 e. The number of halogens is 4. The maximum atomic E-state index is 14.2. The molecule has 0 saturated heterocycles. The van der Waals surface area contributed by atoms with E-state index in [1.807, 2.05) is 19.9 Å². The average molecular weight is 337 g/mol. The molecule has 1 aliphatic rings. The van der Waals surface area contributed by atoms with Crippen molar-refractivity contribution in [2.45, 2.75) is 33.6 Å². The largest absolute Gasteiger partial charge is 0.203 e. The van der Waals surface area contributed by atoms with Crippen molar-refractivity contribution < 1.29 is 17.6 Å². The van der Waals surface area contributed by atoms with Crippen LogP contribution in [-0.4, -0.2) is 0 Å². The third-order valence-electron chi connectivity index (χ3n) is 4.96. The Morgan fingerprint density at radius 1 is 1.12 bits per heavy atom. The van der Waals surface area contributed by atoms with Crippen molar-refractivity contribution in [3.8, 4) is 6.07 Å². The molecule has 0 N–H and O–H groups in total. The average Bonchev–Trinajstić information content (AvgIpc) is 3.05. The van der Waals surface area contributed by atoms with E-state index < -0.39 is 34.4 Å². The standard InChI is InChI=1S/C19H19F4N/c1-5-6-11-15(20)17(22)12(18(23)16(11)21)8-14-13(19(14,3)4)7-10(2)9-24/h5,7,13-14H,1,6,8H2,2-4H3/t13-,14-/m1/s1. The molecule has 0 amide bonds. The van der Waals surface area contributed by atoms with Gasteiger partial charge < -0.3 is 0 Å². The molecular weight excluding hydrogens is 318 g/mol. The monoisotopic (exact) mass is 337 g/mol. The van der Waals surface area contributed by atoms with Crippen molar-refractivity contribution in [2.24, 2.45) is 17.3 Å². The van der Waals surface area contributed by atoms with Gasteiger partial charge in [-0.05, 0) is 37.0 Å². The number of nitrogens with zero attached hydrogens (tertiary/aromatic N) is 1. The molecule has 0 heterocycles. The van der Waals surface area contributed by atoms with Crippen molar-refractivity contribution in [1.82, 2.24) is 0 Å². The zero-order chi connectivity index (χ0) is 18.2. The van der Waals surface area contributed by atoms with Gasteiger partial charge in [0.05, 0.1) is 6.07 Å². The Balaban J connectivity index is 2.39. The molecule has 0 bridgehead atoms. The lowest BCUT2D eigenvalue weighted by atomic mass is 9.98. The van der Waals surface area contributed by atoms with Gasteiger partial charge in [-0.1, -0.05) is 26.0 Å². The van der Waals surface area contributed by atoms with Gasteiger partial charge in [-0.2, -0.15) is 5.26 Å². The molecule has 5 heteroatoms. The van der Waals surface area contributed by atoms with E-state index in [-0.39, 0.29) is 30.1 Å². The van der Waals surface area contributed by atoms with Crippen LogP contribution in [0.15, 0.2) is 24.3 Å². The van der Waals surface area contributed by atoms with Gasteiger partial charge in [-0.15, -0.1) is 6.58 Å². The van der Waals surface area contributed by atoms with Gasteiger partial charge in [-0.25, -0.2) is 17.6 Å². The van der Waals surface area contributed by atoms with Gasteiger partial charge in [0.25, 0.3) is 0 Å². The van der Waals surface area contributed by atoms with Crippen LogP contribution in [0.3, 0.4) is 0 Å². The lowest BCUT2D eigenvalue weighted by molar-refractivity contribution is 0.420. The van der Waals surface area contributed by atoms with E-state index in [1.54, 1.807) is 13.0 Å². The van der Waals surface area contributed by atoms with Crippen molar-refractivity contribution in [3.05, 3.63) is 58.7 Å². The molecule has 0 aliphatic heterocycles. The first-order valence-electron chi connectivity index (χ1n) is 7.69. The molecule has 2 rings (SSSR count). The zero-order valence-corrected chi connectivity index (χ0v) is 13.9. The number of hydrogen-bond donors (Lipinski definition) is 0. The summed E-state index contributed by atoms with van der Waals surface area (Å²) in [5.41, 5.74) is -0.990. The fourth-order valence-corrected chi connectivity index (χ4v) is 3.26. The predicted molar refractivity (Wildman–Crippen MR) is 84.0 cm³/mol. The topological polar surface area (TPSA) is 23.8 Å². The second-order valence-electron chi connectivity index (χ2n) is 6.83. The van der Waals surface area contributed by atoms with Crippen molar-refractivity contribution in [1.29, 1.82) is 5.26 Å². The summed E-state index contributed by atoms with van der Waals surface area (Å²) in [5, 5.41) is 8.85. The van der Waals surface area contributed by atoms with Gasteiger partial charge >= 0.3 is 0 Å². The summed E-state index contributed by atoms with van der Waals surface area (Å²) in [6.45, 7) is 8.78. The first-order chi connectivity index (χ1) is 11.2. The fourth-order valence-electron chi connectivity index (χ4n) is 3.26. The number of rotatable bonds is 5. The summed E-state index contributed by atoms with van der Waals surface area (Å²) < 4.78 is 56.5. The third-order valence-corrected chi connectivity index (χ3v) is 4.96. The molecule has 1 fully saturated rings. The summed E-state index contributed by atoms with van der Waals surface area (Å²) in [6.07, 6.45) is 2.54. The normalized spacial score (nSPS) is 22.2. The second kappa shape index (κ2) is 6.43. The summed E-state index contributed by atoms with van der Waals surface area (Å²) >= 11 is 0. The highest BCUT2D eigenvalue weighted by atomic mass is 19.2. The van der Waals surface area contributed by atoms with Crippen LogP contribution in [-0.2, 0) is 12.8 Å². The molecule has 24 heavy (non-hydrogen) atoms. The molecule has 1 nitrogen and oxygen atoms in total. The van der Waals surface area contributed by atoms with Crippen LogP contribution in [0, 0.1) is 51.9 Å². The van der Waals surface area contributed by atoms with Gasteiger partial charge in [-0.3, -0.25) is 0 Å². The van der Waals surface area contributed by atoms with E-state index in [1.165, 1.54) is 6.08 Å². The summed E-state index contributed by atoms with van der Waals surface area (Å²) in [4.78, 5) is 0. The molecule has 128 valence electrons. The second-order valence-corrected chi connectivity index (χ2v) is 6.83. The maximum absolute atomic E-state index is 14.2. The minimum atomic E-state index is -1.36. The first-order valence-corrected chi connectivity index (χ1v) is 7.69. The van der Waals surface area contributed by atoms with Gasteiger partial charge in [0, 0.05) is 16.7 Å². The first kappa shape index (κ1) is 18.3. The third kappa shape index (κ3) is 2.98. The minimum absolute atomic E-state index is 0.0603. The Labute approximate surface area is 139 Å². The molecule has 1 aromatic rings. The lowest BCUT2D eigenvalue weighted by Gasteiger charge is -2.11. The smallest absolute Gasteiger partial charge is 0.165 e. The Hall–Kier alpha value is -2.09. The van der Waals surface area contributed by atoms with Crippen LogP contribution < -0.4 is 0 Å². The predicted octanol–water partition coefficient (Wildman–Crippen LogP) is 5.26. The Bertz CT molecular complexity index is 727. The number of hydrogen-bond acceptors (Lipinski definition) is 1. The number of nitriles is 1. The highest BCUT2D eigenvalue weighted by Gasteiger charge is 2.56. The maximum Gasteiger partial charge on any atom is 0.165 e. The van der Waals surface area contributed by atoms with Gasteiger partial charge in [0.15, 0.2) is 23.3 Å². The van der Waals surface area contributed by atoms with Crippen molar-refractivity contribution in [2.75, 3.05) is 0 Å². The van der Waals surface area contributed by atoms with Crippen LogP contribution in [0.25, 0.3) is 0 Å². The van der Waals surface area contributed by atoms with E-state index in [0.29, 0.717) is 5.57 Å². The Kier molecular flexibility index (Phi) is 4.89. The Morgan fingerprint density at radius 3 is 2.08 bits per heavy atom. The molecule has 0 radical (unpaired) electrons. The summed E-state index contributed by atoms with van der Waals surface area (Å²) in [6, 6.07) is 2.00. The Morgan fingerprint density at radius 2 is 1.62 bits per heavy atom. The fraction of sp³-hybridized carbons (Fsp3) is 0.421. The molecular formula is C19H19F4N. The molecule has 1 aromatic carbocycles. The van der Waals surface area contributed by atoms with Crippen LogP contribution in [0.5, 0.6) is 0 Å². The molecule has 2 atom stereocenters. The summed E-state index contributed by atoms with van der Waals surface area (Å²) in [7, 11) is 0. The van der Waals surface area contributed by atoms with Crippen LogP contribution >= 0.6 is 0 Å². The molecule has 1 aliphatic carbocycles. The lowest BCUT2D eigenvalue weighted by Crippen LogP contribution is -2.10. The molecule has 0 aromatic heterocycles. The van der Waals surface area contributed by atoms with Crippen molar-refractivity contribution in [3.63, 3.8) is 0 Å². The van der Waals surface area contributed by atoms with Crippen LogP contribution in [0.2, 0.25) is 0 Å². The molecule has 0 unspecified atom stereocenters. The van der Waals surface area contributed by atoms with E-state index in [0.717, 1.165) is 0 Å². The van der Waals surface area contributed by atoms with Gasteiger partial charge in [0.1, 0.15) is 0 Å². The van der Waals surface area contributed by atoms with E-state index in [2.05, 4.69) is 6.58 Å².